The van der Waals surface area contributed by atoms with Crippen LogP contribution in [-0.2, 0) is 0 Å². The maximum absolute atomic E-state index is 13.7. The van der Waals surface area contributed by atoms with Crippen molar-refractivity contribution in [2.75, 3.05) is 5.32 Å². The second-order valence-electron chi connectivity index (χ2n) is 5.56. The number of nitro groups is 1. The number of benzene rings is 2. The summed E-state index contributed by atoms with van der Waals surface area (Å²) >= 11 is 0.871. The Labute approximate surface area is 158 Å². The molecule has 140 valence electrons. The molecule has 2 aromatic carbocycles. The van der Waals surface area contributed by atoms with Gasteiger partial charge in [-0.15, -0.1) is 10.2 Å². The van der Waals surface area contributed by atoms with E-state index in [0.717, 1.165) is 23.5 Å². The van der Waals surface area contributed by atoms with Crippen molar-refractivity contribution in [1.29, 1.82) is 0 Å². The van der Waals surface area contributed by atoms with Gasteiger partial charge in [0.15, 0.2) is 5.01 Å². The molecule has 0 saturated carbocycles. The number of hydrogen-bond donors (Lipinski definition) is 1. The largest absolute Gasteiger partial charge is 0.422 e. The van der Waals surface area contributed by atoms with Crippen molar-refractivity contribution in [3.8, 4) is 10.6 Å². The predicted molar refractivity (Wildman–Crippen MR) is 97.7 cm³/mol. The molecule has 0 unspecified atom stereocenters. The number of non-ortho nitro benzene ring substituents is 1. The van der Waals surface area contributed by atoms with Crippen LogP contribution in [-0.4, -0.2) is 15.1 Å². The molecule has 8 nitrogen and oxygen atoms in total. The number of nitrogens with zero attached hydrogens (tertiary/aromatic N) is 3. The molecule has 4 rings (SSSR count). The van der Waals surface area contributed by atoms with E-state index in [4.69, 9.17) is 4.42 Å². The zero-order valence-electron chi connectivity index (χ0n) is 13.7. The van der Waals surface area contributed by atoms with Gasteiger partial charge < -0.3 is 9.73 Å². The minimum Gasteiger partial charge on any atom is -0.422 e. The van der Waals surface area contributed by atoms with Gasteiger partial charge in [0.05, 0.1) is 10.5 Å². The Morgan fingerprint density at radius 1 is 1.11 bits per heavy atom. The quantitative estimate of drug-likeness (QED) is 0.309. The predicted octanol–water partition coefficient (Wildman–Crippen LogP) is 4.24. The van der Waals surface area contributed by atoms with Gasteiger partial charge in [-0.05, 0) is 24.3 Å². The fourth-order valence-corrected chi connectivity index (χ4v) is 3.23. The first-order valence-electron chi connectivity index (χ1n) is 7.69. The topological polar surface area (TPSA) is 111 Å². The molecule has 0 fully saturated rings. The monoisotopic (exact) mass is 402 g/mol. The highest BCUT2D eigenvalue weighted by Gasteiger charge is 2.17. The first kappa shape index (κ1) is 17.7. The first-order valence-corrected chi connectivity index (χ1v) is 8.51. The Bertz CT molecular complexity index is 1270. The zero-order valence-corrected chi connectivity index (χ0v) is 14.5. The Hall–Kier alpha value is -3.73. The lowest BCUT2D eigenvalue weighted by Gasteiger charge is -2.04. The minimum atomic E-state index is -0.811. The van der Waals surface area contributed by atoms with Crippen LogP contribution < -0.4 is 10.9 Å². The summed E-state index contributed by atoms with van der Waals surface area (Å²) in [5.41, 5.74) is -1.09. The van der Waals surface area contributed by atoms with E-state index in [2.05, 4.69) is 15.5 Å². The van der Waals surface area contributed by atoms with Crippen LogP contribution in [0.2, 0.25) is 0 Å². The van der Waals surface area contributed by atoms with Gasteiger partial charge >= 0.3 is 5.63 Å². The van der Waals surface area contributed by atoms with Gasteiger partial charge in [-0.1, -0.05) is 17.4 Å². The smallest absolute Gasteiger partial charge is 0.346 e. The number of rotatable bonds is 4. The first-order chi connectivity index (χ1) is 13.4. The summed E-state index contributed by atoms with van der Waals surface area (Å²) < 4.78 is 32.7. The van der Waals surface area contributed by atoms with Crippen molar-refractivity contribution in [3.05, 3.63) is 74.6 Å². The number of fused-ring (bicyclic) bond motifs is 1. The van der Waals surface area contributed by atoms with Crippen molar-refractivity contribution in [3.63, 3.8) is 0 Å². The fraction of sp³-hybridized carbons (Fsp3) is 0. The Balaban J connectivity index is 1.73. The molecule has 0 amide bonds. The highest BCUT2D eigenvalue weighted by molar-refractivity contribution is 7.18. The number of hydrogen-bond acceptors (Lipinski definition) is 8. The lowest BCUT2D eigenvalue weighted by Crippen LogP contribution is -2.02. The molecule has 0 bridgehead atoms. The molecule has 0 atom stereocenters. The summed E-state index contributed by atoms with van der Waals surface area (Å²) in [4.78, 5) is 22.6. The molecule has 0 aliphatic heterocycles. The number of aromatic nitrogens is 2. The van der Waals surface area contributed by atoms with Crippen LogP contribution in [0.25, 0.3) is 21.5 Å². The molecular formula is C17H8F2N4O4S. The molecule has 0 aliphatic rings. The number of para-hydroxylation sites is 1. The maximum Gasteiger partial charge on any atom is 0.346 e. The van der Waals surface area contributed by atoms with Gasteiger partial charge in [0.25, 0.3) is 5.69 Å². The Morgan fingerprint density at radius 3 is 2.57 bits per heavy atom. The number of nitrogens with one attached hydrogen (secondary N) is 1. The summed E-state index contributed by atoms with van der Waals surface area (Å²) in [5.74, 6) is -1.62. The van der Waals surface area contributed by atoms with E-state index in [1.807, 2.05) is 0 Å². The average Bonchev–Trinajstić information content (AvgIpc) is 3.12. The summed E-state index contributed by atoms with van der Waals surface area (Å²) in [6.45, 7) is 0. The second kappa shape index (κ2) is 6.78. The van der Waals surface area contributed by atoms with E-state index in [0.29, 0.717) is 5.39 Å². The lowest BCUT2D eigenvalue weighted by molar-refractivity contribution is -0.384. The molecule has 2 aromatic heterocycles. The summed E-state index contributed by atoms with van der Waals surface area (Å²) in [7, 11) is 0. The number of halogens is 2. The van der Waals surface area contributed by atoms with E-state index < -0.39 is 27.9 Å². The molecular weight excluding hydrogens is 394 g/mol. The average molecular weight is 402 g/mol. The van der Waals surface area contributed by atoms with Gasteiger partial charge in [-0.3, -0.25) is 10.1 Å². The summed E-state index contributed by atoms with van der Waals surface area (Å²) in [5, 5.41) is 21.5. The SMILES string of the molecule is O=c1oc2ccc([N+](=O)[O-])cc2cc1-c1nnc(Nc2c(F)cccc2F)s1. The van der Waals surface area contributed by atoms with Gasteiger partial charge in [-0.2, -0.15) is 0 Å². The van der Waals surface area contributed by atoms with Crippen LogP contribution >= 0.6 is 11.3 Å². The third kappa shape index (κ3) is 3.18. The summed E-state index contributed by atoms with van der Waals surface area (Å²) in [6.07, 6.45) is 0. The zero-order chi connectivity index (χ0) is 19.8. The van der Waals surface area contributed by atoms with Crippen LogP contribution in [0.4, 0.5) is 25.3 Å². The highest BCUT2D eigenvalue weighted by atomic mass is 32.1. The van der Waals surface area contributed by atoms with Crippen molar-refractivity contribution in [2.45, 2.75) is 0 Å². The van der Waals surface area contributed by atoms with Gasteiger partial charge in [-0.25, -0.2) is 13.6 Å². The van der Waals surface area contributed by atoms with Gasteiger partial charge in [0.1, 0.15) is 22.9 Å². The standard InChI is InChI=1S/C17H8F2N4O4S/c18-11-2-1-3-12(19)14(11)20-17-22-21-15(28-17)10-7-8-6-9(23(25)26)4-5-13(8)27-16(10)24/h1-7H,(H,20,22). The van der Waals surface area contributed by atoms with E-state index in [9.17, 15) is 23.7 Å². The van der Waals surface area contributed by atoms with Crippen molar-refractivity contribution >= 4 is 38.8 Å². The molecule has 0 aliphatic carbocycles. The molecule has 0 radical (unpaired) electrons. The van der Waals surface area contributed by atoms with Crippen LogP contribution in [0, 0.1) is 21.7 Å². The summed E-state index contributed by atoms with van der Waals surface area (Å²) in [6, 6.07) is 8.59. The van der Waals surface area contributed by atoms with Gasteiger partial charge in [0.2, 0.25) is 5.13 Å². The van der Waals surface area contributed by atoms with Crippen molar-refractivity contribution in [2.24, 2.45) is 0 Å². The fourth-order valence-electron chi connectivity index (χ4n) is 2.48. The van der Waals surface area contributed by atoms with E-state index in [-0.39, 0.29) is 27.0 Å². The molecule has 2 heterocycles. The van der Waals surface area contributed by atoms with E-state index >= 15 is 0 Å². The molecule has 4 aromatic rings. The molecule has 1 N–H and O–H groups in total. The van der Waals surface area contributed by atoms with Gasteiger partial charge in [0, 0.05) is 17.5 Å². The molecule has 0 saturated heterocycles. The van der Waals surface area contributed by atoms with Crippen LogP contribution in [0.5, 0.6) is 0 Å². The van der Waals surface area contributed by atoms with E-state index in [1.165, 1.54) is 30.3 Å². The highest BCUT2D eigenvalue weighted by Crippen LogP contribution is 2.30. The van der Waals surface area contributed by atoms with Crippen molar-refractivity contribution in [1.82, 2.24) is 10.2 Å². The maximum atomic E-state index is 13.7. The third-order valence-corrected chi connectivity index (χ3v) is 4.65. The third-order valence-electron chi connectivity index (χ3n) is 3.78. The van der Waals surface area contributed by atoms with Crippen LogP contribution in [0.15, 0.2) is 51.7 Å². The number of anilines is 2. The molecule has 0 spiro atoms. The van der Waals surface area contributed by atoms with Crippen LogP contribution in [0.1, 0.15) is 0 Å². The van der Waals surface area contributed by atoms with E-state index in [1.54, 1.807) is 0 Å². The Morgan fingerprint density at radius 2 is 1.86 bits per heavy atom. The second-order valence-corrected chi connectivity index (χ2v) is 6.54. The minimum absolute atomic E-state index is 0.0209. The molecule has 28 heavy (non-hydrogen) atoms. The molecule has 11 heteroatoms. The number of nitro benzene ring substituents is 1. The van der Waals surface area contributed by atoms with Crippen molar-refractivity contribution < 1.29 is 18.1 Å². The van der Waals surface area contributed by atoms with Crippen LogP contribution in [0.3, 0.4) is 0 Å². The lowest BCUT2D eigenvalue weighted by atomic mass is 10.2. The Kier molecular flexibility index (Phi) is 4.28. The normalized spacial score (nSPS) is 10.9.